The molecule has 1 amide bonds. The smallest absolute Gasteiger partial charge is 0.265 e. The molecule has 9 nitrogen and oxygen atoms in total. The molecule has 1 atom stereocenters. The van der Waals surface area contributed by atoms with Crippen LogP contribution in [-0.2, 0) is 28.4 Å². The minimum absolute atomic E-state index is 0.121. The van der Waals surface area contributed by atoms with E-state index in [0.717, 1.165) is 5.52 Å². The summed E-state index contributed by atoms with van der Waals surface area (Å²) in [6, 6.07) is 20.5. The third-order valence-electron chi connectivity index (χ3n) is 5.50. The first-order chi connectivity index (χ1) is 16.4. The molecule has 1 aliphatic rings. The standard InChI is InChI=1S/C24H22N4O5S/c1-28-19-12-11-16(27-34(30,31)17-7-3-2-4-8-17)13-18(19)26-23(28)14-25-24(29)22-15-32-20-9-5-6-10-21(20)33-22/h2-13,22,27H,14-15H2,1H3,(H,25,29)/t22-/m1/s1. The molecule has 2 N–H and O–H groups in total. The molecule has 4 aromatic rings. The molecular formula is C24H22N4O5S. The van der Waals surface area contributed by atoms with E-state index in [1.807, 2.05) is 23.7 Å². The number of imidazole rings is 1. The number of aromatic nitrogens is 2. The zero-order chi connectivity index (χ0) is 23.7. The molecule has 0 bridgehead atoms. The van der Waals surface area contributed by atoms with Crippen molar-refractivity contribution in [3.05, 3.63) is 78.6 Å². The lowest BCUT2D eigenvalue weighted by Crippen LogP contribution is -2.43. The summed E-state index contributed by atoms with van der Waals surface area (Å²) in [6.45, 7) is 0.299. The lowest BCUT2D eigenvalue weighted by molar-refractivity contribution is -0.130. The van der Waals surface area contributed by atoms with Gasteiger partial charge in [0, 0.05) is 7.05 Å². The number of amides is 1. The fourth-order valence-corrected chi connectivity index (χ4v) is 4.78. The van der Waals surface area contributed by atoms with Crippen LogP contribution in [-0.4, -0.2) is 36.6 Å². The molecule has 0 spiro atoms. The van der Waals surface area contributed by atoms with Gasteiger partial charge in [-0.1, -0.05) is 30.3 Å². The van der Waals surface area contributed by atoms with Crippen LogP contribution in [0.5, 0.6) is 11.5 Å². The lowest BCUT2D eigenvalue weighted by Gasteiger charge is -2.25. The number of carbonyl (C=O) groups excluding carboxylic acids is 1. The van der Waals surface area contributed by atoms with Crippen molar-refractivity contribution in [2.45, 2.75) is 17.5 Å². The highest BCUT2D eigenvalue weighted by atomic mass is 32.2. The van der Waals surface area contributed by atoms with Gasteiger partial charge in [0.1, 0.15) is 12.4 Å². The number of hydrogen-bond acceptors (Lipinski definition) is 6. The van der Waals surface area contributed by atoms with Crippen molar-refractivity contribution in [2.75, 3.05) is 11.3 Å². The van der Waals surface area contributed by atoms with Crippen LogP contribution in [0.1, 0.15) is 5.82 Å². The van der Waals surface area contributed by atoms with Crippen molar-refractivity contribution in [3.8, 4) is 11.5 Å². The summed E-state index contributed by atoms with van der Waals surface area (Å²) in [5.74, 6) is 1.45. The van der Waals surface area contributed by atoms with Crippen molar-refractivity contribution < 1.29 is 22.7 Å². The summed E-state index contributed by atoms with van der Waals surface area (Å²) >= 11 is 0. The minimum atomic E-state index is -3.71. The number of rotatable bonds is 6. The number of carbonyl (C=O) groups is 1. The number of benzene rings is 3. The molecule has 0 unspecified atom stereocenters. The van der Waals surface area contributed by atoms with E-state index in [4.69, 9.17) is 9.47 Å². The van der Waals surface area contributed by atoms with Crippen LogP contribution >= 0.6 is 0 Å². The number of hydrogen-bond donors (Lipinski definition) is 2. The molecule has 1 aromatic heterocycles. The van der Waals surface area contributed by atoms with Gasteiger partial charge in [0.15, 0.2) is 11.5 Å². The highest BCUT2D eigenvalue weighted by Crippen LogP contribution is 2.31. The first-order valence-electron chi connectivity index (χ1n) is 10.6. The van der Waals surface area contributed by atoms with Crippen molar-refractivity contribution >= 4 is 32.7 Å². The number of nitrogens with one attached hydrogen (secondary N) is 2. The molecule has 34 heavy (non-hydrogen) atoms. The Hall–Kier alpha value is -4.05. The summed E-state index contributed by atoms with van der Waals surface area (Å²) in [7, 11) is -1.87. The van der Waals surface area contributed by atoms with Gasteiger partial charge in [-0.15, -0.1) is 0 Å². The maximum atomic E-state index is 12.6. The van der Waals surface area contributed by atoms with E-state index in [0.29, 0.717) is 28.5 Å². The Morgan fingerprint density at radius 2 is 1.79 bits per heavy atom. The molecule has 10 heteroatoms. The van der Waals surface area contributed by atoms with Crippen LogP contribution in [0.4, 0.5) is 5.69 Å². The van der Waals surface area contributed by atoms with Gasteiger partial charge in [0.25, 0.3) is 15.9 Å². The van der Waals surface area contributed by atoms with Crippen molar-refractivity contribution in [3.63, 3.8) is 0 Å². The molecule has 5 rings (SSSR count). The molecular weight excluding hydrogens is 456 g/mol. The monoisotopic (exact) mass is 478 g/mol. The summed E-state index contributed by atoms with van der Waals surface area (Å²) in [5, 5.41) is 2.84. The molecule has 0 radical (unpaired) electrons. The van der Waals surface area contributed by atoms with E-state index in [1.165, 1.54) is 12.1 Å². The topological polar surface area (TPSA) is 112 Å². The molecule has 0 saturated carbocycles. The number of ether oxygens (including phenoxy) is 2. The van der Waals surface area contributed by atoms with E-state index in [1.54, 1.807) is 48.5 Å². The summed E-state index contributed by atoms with van der Waals surface area (Å²) < 4.78 is 41.0. The number of nitrogens with zero attached hydrogens (tertiary/aromatic N) is 2. The molecule has 0 saturated heterocycles. The second kappa shape index (κ2) is 8.71. The quantitative estimate of drug-likeness (QED) is 0.441. The number of para-hydroxylation sites is 2. The van der Waals surface area contributed by atoms with Crippen LogP contribution < -0.4 is 19.5 Å². The van der Waals surface area contributed by atoms with Crippen LogP contribution in [0.15, 0.2) is 77.7 Å². The van der Waals surface area contributed by atoms with Gasteiger partial charge in [-0.05, 0) is 42.5 Å². The zero-order valence-electron chi connectivity index (χ0n) is 18.3. The molecule has 3 aromatic carbocycles. The number of sulfonamides is 1. The van der Waals surface area contributed by atoms with E-state index in [-0.39, 0.29) is 24.0 Å². The average Bonchev–Trinajstić information content (AvgIpc) is 3.17. The summed E-state index contributed by atoms with van der Waals surface area (Å²) in [6.07, 6.45) is -0.761. The molecule has 2 heterocycles. The van der Waals surface area contributed by atoms with Gasteiger partial charge >= 0.3 is 0 Å². The highest BCUT2D eigenvalue weighted by Gasteiger charge is 2.27. The Bertz CT molecular complexity index is 1470. The van der Waals surface area contributed by atoms with Crippen molar-refractivity contribution in [1.29, 1.82) is 0 Å². The highest BCUT2D eigenvalue weighted by molar-refractivity contribution is 7.92. The SMILES string of the molecule is Cn1c(CNC(=O)[C@H]2COc3ccccc3O2)nc2cc(NS(=O)(=O)c3ccccc3)ccc21. The maximum Gasteiger partial charge on any atom is 0.265 e. The molecule has 0 aliphatic carbocycles. The predicted octanol–water partition coefficient (Wildman–Crippen LogP) is 2.83. The van der Waals surface area contributed by atoms with Gasteiger partial charge in [-0.2, -0.15) is 0 Å². The molecule has 1 aliphatic heterocycles. The third-order valence-corrected chi connectivity index (χ3v) is 6.90. The Kier molecular flexibility index (Phi) is 5.58. The predicted molar refractivity (Wildman–Crippen MR) is 126 cm³/mol. The molecule has 0 fully saturated rings. The van der Waals surface area contributed by atoms with E-state index in [2.05, 4.69) is 15.0 Å². The number of anilines is 1. The average molecular weight is 479 g/mol. The minimum Gasteiger partial charge on any atom is -0.485 e. The van der Waals surface area contributed by atoms with Gasteiger partial charge in [0.05, 0.1) is 28.2 Å². The van der Waals surface area contributed by atoms with Gasteiger partial charge in [-0.3, -0.25) is 9.52 Å². The first-order valence-corrected chi connectivity index (χ1v) is 12.1. The zero-order valence-corrected chi connectivity index (χ0v) is 19.1. The first kappa shape index (κ1) is 21.8. The van der Waals surface area contributed by atoms with Crippen LogP contribution in [0.2, 0.25) is 0 Å². The Labute approximate surface area is 196 Å². The van der Waals surface area contributed by atoms with Gasteiger partial charge in [-0.25, -0.2) is 13.4 Å². The van der Waals surface area contributed by atoms with Crippen LogP contribution in [0.25, 0.3) is 11.0 Å². The molecule has 174 valence electrons. The largest absolute Gasteiger partial charge is 0.485 e. The number of aryl methyl sites for hydroxylation is 1. The maximum absolute atomic E-state index is 12.6. The normalized spacial score (nSPS) is 15.1. The van der Waals surface area contributed by atoms with Gasteiger partial charge < -0.3 is 19.4 Å². The van der Waals surface area contributed by atoms with E-state index < -0.39 is 16.1 Å². The summed E-state index contributed by atoms with van der Waals surface area (Å²) in [4.78, 5) is 17.4. The van der Waals surface area contributed by atoms with Crippen molar-refractivity contribution in [1.82, 2.24) is 14.9 Å². The second-order valence-corrected chi connectivity index (χ2v) is 9.47. The third kappa shape index (κ3) is 4.27. The fraction of sp³-hybridized carbons (Fsp3) is 0.167. The van der Waals surface area contributed by atoms with Crippen LogP contribution in [0, 0.1) is 0 Å². The summed E-state index contributed by atoms with van der Waals surface area (Å²) in [5.41, 5.74) is 1.81. The second-order valence-electron chi connectivity index (χ2n) is 7.79. The van der Waals surface area contributed by atoms with E-state index in [9.17, 15) is 13.2 Å². The Balaban J connectivity index is 1.28. The van der Waals surface area contributed by atoms with Crippen molar-refractivity contribution in [2.24, 2.45) is 7.05 Å². The van der Waals surface area contributed by atoms with Gasteiger partial charge in [0.2, 0.25) is 6.10 Å². The Morgan fingerprint density at radius 1 is 1.06 bits per heavy atom. The number of fused-ring (bicyclic) bond motifs is 2. The lowest BCUT2D eigenvalue weighted by atomic mass is 10.2. The fourth-order valence-electron chi connectivity index (χ4n) is 3.71. The Morgan fingerprint density at radius 3 is 2.59 bits per heavy atom. The van der Waals surface area contributed by atoms with E-state index >= 15 is 0 Å². The van der Waals surface area contributed by atoms with Crippen LogP contribution in [0.3, 0.4) is 0 Å².